The molecule has 1 aliphatic carbocycles. The van der Waals surface area contributed by atoms with Crippen LogP contribution in [0, 0.1) is 5.82 Å². The molecule has 108 valence electrons. The third-order valence-electron chi connectivity index (χ3n) is 3.13. The second kappa shape index (κ2) is 6.17. The van der Waals surface area contributed by atoms with E-state index in [-0.39, 0.29) is 23.5 Å². The van der Waals surface area contributed by atoms with Crippen LogP contribution in [0.1, 0.15) is 25.3 Å². The SMILES string of the molecule is CCOC(=O)CN(c1ccc(C(N)=S)cc1F)C1CC1. The predicted molar refractivity (Wildman–Crippen MR) is 79.3 cm³/mol. The second-order valence-electron chi connectivity index (χ2n) is 4.69. The number of anilines is 1. The fraction of sp³-hybridized carbons (Fsp3) is 0.429. The normalized spacial score (nSPS) is 13.9. The molecule has 0 saturated heterocycles. The number of carbonyl (C=O) groups excluding carboxylic acids is 1. The van der Waals surface area contributed by atoms with E-state index in [0.717, 1.165) is 12.8 Å². The van der Waals surface area contributed by atoms with Gasteiger partial charge in [0.2, 0.25) is 0 Å². The molecular formula is C14H17FN2O2S. The second-order valence-corrected chi connectivity index (χ2v) is 5.13. The smallest absolute Gasteiger partial charge is 0.325 e. The molecule has 1 aromatic carbocycles. The van der Waals surface area contributed by atoms with Crippen LogP contribution >= 0.6 is 12.2 Å². The van der Waals surface area contributed by atoms with Crippen LogP contribution in [0.25, 0.3) is 0 Å². The Kier molecular flexibility index (Phi) is 4.54. The molecule has 1 saturated carbocycles. The minimum atomic E-state index is -0.425. The highest BCUT2D eigenvalue weighted by Gasteiger charge is 2.32. The van der Waals surface area contributed by atoms with Gasteiger partial charge in [-0.1, -0.05) is 12.2 Å². The van der Waals surface area contributed by atoms with Gasteiger partial charge in [0, 0.05) is 11.6 Å². The molecule has 2 rings (SSSR count). The average molecular weight is 296 g/mol. The van der Waals surface area contributed by atoms with E-state index in [9.17, 15) is 9.18 Å². The summed E-state index contributed by atoms with van der Waals surface area (Å²) in [5.74, 6) is -0.774. The Bertz CT molecular complexity index is 532. The molecule has 0 amide bonds. The summed E-state index contributed by atoms with van der Waals surface area (Å²) in [6.07, 6.45) is 1.91. The van der Waals surface area contributed by atoms with Gasteiger partial charge in [0.15, 0.2) is 0 Å². The van der Waals surface area contributed by atoms with E-state index < -0.39 is 5.82 Å². The molecule has 6 heteroatoms. The molecule has 0 aromatic heterocycles. The number of nitrogens with zero attached hydrogens (tertiary/aromatic N) is 1. The van der Waals surface area contributed by atoms with Crippen LogP contribution in [0.3, 0.4) is 0 Å². The average Bonchev–Trinajstić information content (AvgIpc) is 3.20. The molecule has 2 N–H and O–H groups in total. The molecule has 0 spiro atoms. The number of esters is 1. The first kappa shape index (κ1) is 14.7. The van der Waals surface area contributed by atoms with E-state index in [1.165, 1.54) is 6.07 Å². The molecule has 0 atom stereocenters. The standard InChI is InChI=1S/C14H17FN2O2S/c1-2-19-13(18)8-17(10-4-5-10)12-6-3-9(14(16)20)7-11(12)15/h3,6-7,10H,2,4-5,8H2,1H3,(H2,16,20). The van der Waals surface area contributed by atoms with Crippen molar-refractivity contribution in [3.05, 3.63) is 29.6 Å². The summed E-state index contributed by atoms with van der Waals surface area (Å²) in [5.41, 5.74) is 6.35. The molecule has 4 nitrogen and oxygen atoms in total. The number of ether oxygens (including phenoxy) is 1. The number of benzene rings is 1. The summed E-state index contributed by atoms with van der Waals surface area (Å²) in [6.45, 7) is 2.12. The van der Waals surface area contributed by atoms with E-state index in [2.05, 4.69) is 0 Å². The van der Waals surface area contributed by atoms with Gasteiger partial charge in [-0.15, -0.1) is 0 Å². The van der Waals surface area contributed by atoms with Crippen molar-refractivity contribution in [2.45, 2.75) is 25.8 Å². The first-order valence-electron chi connectivity index (χ1n) is 6.54. The largest absolute Gasteiger partial charge is 0.465 e. The van der Waals surface area contributed by atoms with Crippen LogP contribution < -0.4 is 10.6 Å². The number of hydrogen-bond donors (Lipinski definition) is 1. The van der Waals surface area contributed by atoms with Crippen molar-refractivity contribution in [3.8, 4) is 0 Å². The number of halogens is 1. The van der Waals surface area contributed by atoms with E-state index >= 15 is 0 Å². The molecule has 0 heterocycles. The zero-order valence-corrected chi connectivity index (χ0v) is 12.1. The highest BCUT2D eigenvalue weighted by molar-refractivity contribution is 7.80. The number of nitrogens with two attached hydrogens (primary N) is 1. The van der Waals surface area contributed by atoms with Crippen LogP contribution in [-0.2, 0) is 9.53 Å². The molecule has 0 aliphatic heterocycles. The minimum absolute atomic E-state index is 0.0574. The van der Waals surface area contributed by atoms with Gasteiger partial charge in [0.25, 0.3) is 0 Å². The lowest BCUT2D eigenvalue weighted by Crippen LogP contribution is -2.33. The van der Waals surface area contributed by atoms with Gasteiger partial charge >= 0.3 is 5.97 Å². The first-order valence-corrected chi connectivity index (χ1v) is 6.95. The van der Waals surface area contributed by atoms with Crippen LogP contribution in [-0.4, -0.2) is 30.2 Å². The number of thiocarbonyl (C=S) groups is 1. The molecule has 1 aromatic rings. The van der Waals surface area contributed by atoms with Crippen molar-refractivity contribution in [1.82, 2.24) is 0 Å². The summed E-state index contributed by atoms with van der Waals surface area (Å²) in [5, 5.41) is 0. The summed E-state index contributed by atoms with van der Waals surface area (Å²) < 4.78 is 19.1. The summed E-state index contributed by atoms with van der Waals surface area (Å²) >= 11 is 4.82. The van der Waals surface area contributed by atoms with E-state index in [1.54, 1.807) is 24.0 Å². The van der Waals surface area contributed by atoms with Gasteiger partial charge in [-0.2, -0.15) is 0 Å². The van der Waals surface area contributed by atoms with Crippen molar-refractivity contribution in [1.29, 1.82) is 0 Å². The zero-order valence-electron chi connectivity index (χ0n) is 11.3. The van der Waals surface area contributed by atoms with Gasteiger partial charge in [-0.05, 0) is 38.0 Å². The number of carbonyl (C=O) groups is 1. The maximum atomic E-state index is 14.2. The van der Waals surface area contributed by atoms with Crippen molar-refractivity contribution in [3.63, 3.8) is 0 Å². The maximum Gasteiger partial charge on any atom is 0.325 e. The van der Waals surface area contributed by atoms with Gasteiger partial charge in [0.05, 0.1) is 12.3 Å². The first-order chi connectivity index (χ1) is 9.52. The molecular weight excluding hydrogens is 279 g/mol. The van der Waals surface area contributed by atoms with Gasteiger partial charge in [-0.25, -0.2) is 4.39 Å². The Morgan fingerprint density at radius 1 is 1.55 bits per heavy atom. The molecule has 1 aliphatic rings. The Balaban J connectivity index is 2.21. The summed E-state index contributed by atoms with van der Waals surface area (Å²) in [7, 11) is 0. The molecule has 0 unspecified atom stereocenters. The van der Waals surface area contributed by atoms with Crippen molar-refractivity contribution < 1.29 is 13.9 Å². The van der Waals surface area contributed by atoms with Crippen LogP contribution in [0.4, 0.5) is 10.1 Å². The van der Waals surface area contributed by atoms with Crippen molar-refractivity contribution in [2.24, 2.45) is 5.73 Å². The van der Waals surface area contributed by atoms with E-state index in [4.69, 9.17) is 22.7 Å². The zero-order chi connectivity index (χ0) is 14.7. The van der Waals surface area contributed by atoms with Crippen LogP contribution in [0.2, 0.25) is 0 Å². The third-order valence-corrected chi connectivity index (χ3v) is 3.37. The quantitative estimate of drug-likeness (QED) is 0.643. The predicted octanol–water partition coefficient (Wildman–Crippen LogP) is 1.99. The summed E-state index contributed by atoms with van der Waals surface area (Å²) in [6, 6.07) is 4.78. The lowest BCUT2D eigenvalue weighted by atomic mass is 10.1. The number of rotatable bonds is 6. The van der Waals surface area contributed by atoms with E-state index in [0.29, 0.717) is 17.9 Å². The van der Waals surface area contributed by atoms with Gasteiger partial charge in [-0.3, -0.25) is 4.79 Å². The number of hydrogen-bond acceptors (Lipinski definition) is 4. The van der Waals surface area contributed by atoms with E-state index in [1.807, 2.05) is 0 Å². The monoisotopic (exact) mass is 296 g/mol. The Morgan fingerprint density at radius 3 is 2.75 bits per heavy atom. The molecule has 20 heavy (non-hydrogen) atoms. The van der Waals surface area contributed by atoms with Crippen molar-refractivity contribution in [2.75, 3.05) is 18.1 Å². The highest BCUT2D eigenvalue weighted by Crippen LogP contribution is 2.33. The molecule has 0 bridgehead atoms. The topological polar surface area (TPSA) is 55.6 Å². The van der Waals surface area contributed by atoms with Crippen molar-refractivity contribution >= 4 is 28.9 Å². The Labute approximate surface area is 122 Å². The highest BCUT2D eigenvalue weighted by atomic mass is 32.1. The fourth-order valence-corrected chi connectivity index (χ4v) is 2.16. The lowest BCUT2D eigenvalue weighted by Gasteiger charge is -2.24. The summed E-state index contributed by atoms with van der Waals surface area (Å²) in [4.78, 5) is 13.5. The maximum absolute atomic E-state index is 14.2. The molecule has 0 radical (unpaired) electrons. The van der Waals surface area contributed by atoms with Crippen LogP contribution in [0.15, 0.2) is 18.2 Å². The van der Waals surface area contributed by atoms with Gasteiger partial charge < -0.3 is 15.4 Å². The Hall–Kier alpha value is -1.69. The minimum Gasteiger partial charge on any atom is -0.465 e. The Morgan fingerprint density at radius 2 is 2.25 bits per heavy atom. The van der Waals surface area contributed by atoms with Crippen LogP contribution in [0.5, 0.6) is 0 Å². The third kappa shape index (κ3) is 3.45. The van der Waals surface area contributed by atoms with Gasteiger partial charge in [0.1, 0.15) is 17.4 Å². The molecule has 1 fully saturated rings. The lowest BCUT2D eigenvalue weighted by molar-refractivity contribution is -0.141. The fourth-order valence-electron chi connectivity index (χ4n) is 2.04.